The van der Waals surface area contributed by atoms with Crippen LogP contribution in [0.2, 0.25) is 0 Å². The van der Waals surface area contributed by atoms with Crippen LogP contribution in [0, 0.1) is 0 Å². The van der Waals surface area contributed by atoms with Crippen molar-refractivity contribution in [3.8, 4) is 16.9 Å². The molecule has 0 aliphatic heterocycles. The van der Waals surface area contributed by atoms with Gasteiger partial charge in [-0.3, -0.25) is 0 Å². The topological polar surface area (TPSA) is 20.2 Å². The van der Waals surface area contributed by atoms with Crippen LogP contribution in [0.1, 0.15) is 0 Å². The molecule has 0 aliphatic carbocycles. The van der Waals surface area contributed by atoms with Crippen LogP contribution < -0.4 is 32.9 Å². The van der Waals surface area contributed by atoms with Gasteiger partial charge >= 0.3 is 0 Å². The fourth-order valence-electron chi connectivity index (χ4n) is 3.60. The van der Waals surface area contributed by atoms with E-state index in [-0.39, 0.29) is 17.0 Å². The lowest BCUT2D eigenvalue weighted by atomic mass is 10.1. The first-order valence-corrected chi connectivity index (χ1v) is 12.2. The zero-order valence-electron chi connectivity index (χ0n) is 18.2. The van der Waals surface area contributed by atoms with E-state index in [1.54, 1.807) is 12.1 Å². The van der Waals surface area contributed by atoms with E-state index >= 15 is 0 Å². The summed E-state index contributed by atoms with van der Waals surface area (Å²) in [6.45, 7) is 0. The highest BCUT2D eigenvalue weighted by molar-refractivity contribution is 7.79. The lowest BCUT2D eigenvalue weighted by molar-refractivity contribution is -0.00000714. The highest BCUT2D eigenvalue weighted by atomic mass is 79.9. The molecule has 0 saturated carbocycles. The van der Waals surface area contributed by atoms with Gasteiger partial charge in [-0.2, -0.15) is 0 Å². The number of hydrogen-bond acceptors (Lipinski definition) is 1. The van der Waals surface area contributed by atoms with E-state index in [1.165, 1.54) is 27.0 Å². The van der Waals surface area contributed by atoms with Crippen LogP contribution >= 0.6 is 7.92 Å². The van der Waals surface area contributed by atoms with Gasteiger partial charge in [0, 0.05) is 0 Å². The van der Waals surface area contributed by atoms with Crippen LogP contribution in [0.4, 0.5) is 0 Å². The summed E-state index contributed by atoms with van der Waals surface area (Å²) in [5.41, 5.74) is 2.55. The molecule has 0 radical (unpaired) electrons. The molecule has 0 saturated heterocycles. The minimum absolute atomic E-state index is 0. The zero-order chi connectivity index (χ0) is 22.0. The molecule has 5 aromatic rings. The maximum atomic E-state index is 9.49. The number of rotatable bonds is 4. The Kier molecular flexibility index (Phi) is 9.44. The van der Waals surface area contributed by atoms with Gasteiger partial charge in [0.15, 0.2) is 0 Å². The van der Waals surface area contributed by atoms with Gasteiger partial charge in [0.2, 0.25) is 0 Å². The standard InChI is InChI=1S/C18H15OP.C12H10.BrH/c19-15-11-13-18(14-12-15)20(16-7-3-1-4-8-16)17-9-5-2-6-10-17;1-3-7-11(8-4-1)12-9-5-2-6-10-12;/h1-14,19H;1-10H;1H. The Morgan fingerprint density at radius 2 is 0.667 bits per heavy atom. The summed E-state index contributed by atoms with van der Waals surface area (Å²) in [5, 5.41) is 13.5. The minimum Gasteiger partial charge on any atom is -1.00 e. The summed E-state index contributed by atoms with van der Waals surface area (Å²) >= 11 is 0. The third kappa shape index (κ3) is 6.89. The second-order valence-electron chi connectivity index (χ2n) is 7.39. The first-order valence-electron chi connectivity index (χ1n) is 10.7. The molecule has 164 valence electrons. The van der Waals surface area contributed by atoms with Crippen LogP contribution in [-0.4, -0.2) is 5.11 Å². The van der Waals surface area contributed by atoms with E-state index in [4.69, 9.17) is 0 Å². The maximum Gasteiger partial charge on any atom is 0.115 e. The Hall–Kier alpha value is -3.19. The molecule has 0 heterocycles. The molecule has 5 rings (SSSR count). The summed E-state index contributed by atoms with van der Waals surface area (Å²) in [6.07, 6.45) is 0. The quantitative estimate of drug-likeness (QED) is 0.366. The van der Waals surface area contributed by atoms with E-state index in [2.05, 4.69) is 97.1 Å². The first kappa shape index (κ1) is 24.5. The molecule has 0 aliphatic rings. The maximum absolute atomic E-state index is 9.49. The summed E-state index contributed by atoms with van der Waals surface area (Å²) in [5.74, 6) is 0.316. The Bertz CT molecular complexity index is 1120. The van der Waals surface area contributed by atoms with E-state index < -0.39 is 7.92 Å². The predicted molar refractivity (Wildman–Crippen MR) is 140 cm³/mol. The minimum atomic E-state index is -1.00. The van der Waals surface area contributed by atoms with E-state index in [0.29, 0.717) is 5.75 Å². The number of hydrogen-bond donors (Lipinski definition) is 1. The van der Waals surface area contributed by atoms with Gasteiger partial charge in [0.1, 0.15) is 21.7 Å². The molecule has 1 N–H and O–H groups in total. The number of halogens is 1. The Labute approximate surface area is 207 Å². The lowest BCUT2D eigenvalue weighted by Gasteiger charge is -2.10. The van der Waals surface area contributed by atoms with Crippen molar-refractivity contribution in [2.24, 2.45) is 0 Å². The van der Waals surface area contributed by atoms with Crippen LogP contribution in [0.25, 0.3) is 11.1 Å². The van der Waals surface area contributed by atoms with Crippen molar-refractivity contribution in [3.05, 3.63) is 146 Å². The molecule has 33 heavy (non-hydrogen) atoms. The highest BCUT2D eigenvalue weighted by Gasteiger charge is 2.24. The third-order valence-corrected chi connectivity index (χ3v) is 7.89. The Morgan fingerprint density at radius 1 is 0.364 bits per heavy atom. The molecule has 3 heteroatoms. The Morgan fingerprint density at radius 3 is 1.03 bits per heavy atom. The van der Waals surface area contributed by atoms with E-state index in [9.17, 15) is 5.11 Å². The van der Waals surface area contributed by atoms with Gasteiger partial charge < -0.3 is 22.1 Å². The molecule has 0 bridgehead atoms. The van der Waals surface area contributed by atoms with Crippen LogP contribution in [-0.2, 0) is 0 Å². The second kappa shape index (κ2) is 12.7. The van der Waals surface area contributed by atoms with Gasteiger partial charge in [0.25, 0.3) is 0 Å². The molecular weight excluding hydrogens is 487 g/mol. The van der Waals surface area contributed by atoms with Gasteiger partial charge in [-0.15, -0.1) is 0 Å². The largest absolute Gasteiger partial charge is 1.00 e. The molecule has 0 amide bonds. The van der Waals surface area contributed by atoms with Crippen LogP contribution in [0.15, 0.2) is 146 Å². The third-order valence-electron chi connectivity index (χ3n) is 5.16. The second-order valence-corrected chi connectivity index (χ2v) is 9.87. The van der Waals surface area contributed by atoms with Crippen molar-refractivity contribution >= 4 is 23.8 Å². The number of phenolic OH excluding ortho intramolecular Hbond substituents is 1. The predicted octanol–water partition coefficient (Wildman–Crippen LogP) is 3.24. The monoisotopic (exact) mass is 512 g/mol. The highest BCUT2D eigenvalue weighted by Crippen LogP contribution is 2.32. The van der Waals surface area contributed by atoms with Gasteiger partial charge in [-0.05, 0) is 59.7 Å². The van der Waals surface area contributed by atoms with Crippen molar-refractivity contribution in [2.75, 3.05) is 0 Å². The van der Waals surface area contributed by atoms with E-state index in [0.717, 1.165) is 0 Å². The fraction of sp³-hybridized carbons (Fsp3) is 0. The fourth-order valence-corrected chi connectivity index (χ4v) is 6.15. The van der Waals surface area contributed by atoms with Crippen molar-refractivity contribution in [2.45, 2.75) is 0 Å². The summed E-state index contributed by atoms with van der Waals surface area (Å²) in [6, 6.07) is 49.6. The van der Waals surface area contributed by atoms with Crippen molar-refractivity contribution in [1.29, 1.82) is 0 Å². The van der Waals surface area contributed by atoms with Crippen LogP contribution in [0.5, 0.6) is 5.75 Å². The van der Waals surface area contributed by atoms with Crippen molar-refractivity contribution in [3.63, 3.8) is 0 Å². The summed E-state index contributed by atoms with van der Waals surface area (Å²) in [7, 11) is -1.00. The average molecular weight is 513 g/mol. The molecule has 0 aromatic heterocycles. The Balaban J connectivity index is 0.000000202. The van der Waals surface area contributed by atoms with E-state index in [1.807, 2.05) is 36.4 Å². The first-order chi connectivity index (χ1) is 15.8. The number of phenols is 1. The van der Waals surface area contributed by atoms with Gasteiger partial charge in [0.05, 0.1) is 7.92 Å². The zero-order valence-corrected chi connectivity index (χ0v) is 20.8. The summed E-state index contributed by atoms with van der Waals surface area (Å²) in [4.78, 5) is 0. The number of benzene rings is 5. The molecule has 5 aromatic carbocycles. The molecular formula is C30H26BrOP. The van der Waals surface area contributed by atoms with Crippen LogP contribution in [0.3, 0.4) is 0 Å². The molecule has 0 spiro atoms. The van der Waals surface area contributed by atoms with Crippen molar-refractivity contribution in [1.82, 2.24) is 0 Å². The van der Waals surface area contributed by atoms with Gasteiger partial charge in [-0.1, -0.05) is 97.1 Å². The smallest absolute Gasteiger partial charge is 0.115 e. The molecule has 0 unspecified atom stereocenters. The molecule has 1 nitrogen and oxygen atoms in total. The number of aromatic hydroxyl groups is 1. The average Bonchev–Trinajstić information content (AvgIpc) is 2.88. The van der Waals surface area contributed by atoms with Crippen molar-refractivity contribution < 1.29 is 22.1 Å². The molecule has 0 atom stereocenters. The molecule has 0 fully saturated rings. The van der Waals surface area contributed by atoms with Gasteiger partial charge in [-0.25, -0.2) is 0 Å². The lowest BCUT2D eigenvalue weighted by Crippen LogP contribution is -3.00. The summed E-state index contributed by atoms with van der Waals surface area (Å²) < 4.78 is 0. The normalized spacial score (nSPS) is 9.97. The SMILES string of the molecule is Oc1ccc([PH+](c2ccccc2)c2ccccc2)cc1.[Br-].c1ccc(-c2ccccc2)cc1.